The molecule has 3 rings (SSSR count). The monoisotopic (exact) mass is 348 g/mol. The molecule has 3 aromatic rings. The lowest BCUT2D eigenvalue weighted by atomic mass is 10.1. The van der Waals surface area contributed by atoms with Gasteiger partial charge in [-0.15, -0.1) is 0 Å². The lowest BCUT2D eigenvalue weighted by molar-refractivity contribution is 0.0950. The molecule has 0 atom stereocenters. The molecule has 122 valence electrons. The third-order valence-electron chi connectivity index (χ3n) is 3.30. The first-order chi connectivity index (χ1) is 11.5. The topological polar surface area (TPSA) is 55.1 Å². The second-order valence-electron chi connectivity index (χ2n) is 4.97. The van der Waals surface area contributed by atoms with Gasteiger partial charge in [-0.2, -0.15) is 0 Å². The number of rotatable bonds is 4. The number of hydrogen-bond acceptors (Lipinski definition) is 3. The van der Waals surface area contributed by atoms with Crippen molar-refractivity contribution in [2.24, 2.45) is 0 Å². The van der Waals surface area contributed by atoms with Gasteiger partial charge in [-0.1, -0.05) is 28.9 Å². The van der Waals surface area contributed by atoms with E-state index in [0.29, 0.717) is 5.69 Å². The molecule has 0 aliphatic heterocycles. The molecule has 24 heavy (non-hydrogen) atoms. The molecule has 4 nitrogen and oxygen atoms in total. The van der Waals surface area contributed by atoms with Gasteiger partial charge in [-0.05, 0) is 30.3 Å². The van der Waals surface area contributed by atoms with Crippen LogP contribution < -0.4 is 5.32 Å². The minimum Gasteiger partial charge on any atom is -0.356 e. The van der Waals surface area contributed by atoms with Crippen molar-refractivity contribution in [1.29, 1.82) is 0 Å². The Bertz CT molecular complexity index is 896. The largest absolute Gasteiger partial charge is 0.356 e. The van der Waals surface area contributed by atoms with Crippen LogP contribution in [0.3, 0.4) is 0 Å². The van der Waals surface area contributed by atoms with E-state index in [4.69, 9.17) is 16.1 Å². The van der Waals surface area contributed by atoms with Gasteiger partial charge in [0.25, 0.3) is 5.91 Å². The summed E-state index contributed by atoms with van der Waals surface area (Å²) in [5.74, 6) is -1.17. The Hall–Kier alpha value is -2.73. The van der Waals surface area contributed by atoms with Crippen molar-refractivity contribution in [3.63, 3.8) is 0 Å². The zero-order chi connectivity index (χ0) is 17.1. The summed E-state index contributed by atoms with van der Waals surface area (Å²) < 4.78 is 31.8. The number of nitrogens with one attached hydrogen (secondary N) is 1. The first-order valence-corrected chi connectivity index (χ1v) is 7.36. The van der Waals surface area contributed by atoms with E-state index in [-0.39, 0.29) is 28.5 Å². The predicted molar refractivity (Wildman–Crippen MR) is 84.5 cm³/mol. The molecule has 1 heterocycles. The maximum absolute atomic E-state index is 13.7. The fourth-order valence-corrected chi connectivity index (χ4v) is 2.38. The van der Waals surface area contributed by atoms with Crippen LogP contribution in [0.5, 0.6) is 0 Å². The fraction of sp³-hybridized carbons (Fsp3) is 0.0588. The minimum atomic E-state index is -0.525. The van der Waals surface area contributed by atoms with Crippen LogP contribution >= 0.6 is 11.6 Å². The van der Waals surface area contributed by atoms with Gasteiger partial charge in [0.15, 0.2) is 5.76 Å². The molecule has 1 N–H and O–H groups in total. The molecular formula is C17H11ClF2N2O2. The van der Waals surface area contributed by atoms with E-state index in [9.17, 15) is 13.6 Å². The van der Waals surface area contributed by atoms with E-state index in [1.807, 2.05) is 0 Å². The highest BCUT2D eigenvalue weighted by Gasteiger charge is 2.14. The molecule has 0 unspecified atom stereocenters. The summed E-state index contributed by atoms with van der Waals surface area (Å²) in [6.45, 7) is 0.0600. The Kier molecular flexibility index (Phi) is 4.57. The Morgan fingerprint density at radius 3 is 2.71 bits per heavy atom. The lowest BCUT2D eigenvalue weighted by Gasteiger charge is -2.04. The van der Waals surface area contributed by atoms with Crippen LogP contribution in [-0.4, -0.2) is 11.1 Å². The van der Waals surface area contributed by atoms with Crippen LogP contribution in [0.2, 0.25) is 5.02 Å². The molecule has 0 saturated carbocycles. The summed E-state index contributed by atoms with van der Waals surface area (Å²) in [4.78, 5) is 12.0. The van der Waals surface area contributed by atoms with E-state index in [0.717, 1.165) is 12.1 Å². The fourth-order valence-electron chi connectivity index (χ4n) is 2.12. The van der Waals surface area contributed by atoms with Gasteiger partial charge < -0.3 is 9.84 Å². The normalized spacial score (nSPS) is 10.6. The third-order valence-corrected chi connectivity index (χ3v) is 3.62. The molecule has 0 saturated heterocycles. The number of aromatic nitrogens is 1. The van der Waals surface area contributed by atoms with E-state index < -0.39 is 17.5 Å². The van der Waals surface area contributed by atoms with Crippen LogP contribution in [0.1, 0.15) is 16.1 Å². The number of nitrogens with zero attached hydrogens (tertiary/aromatic N) is 1. The van der Waals surface area contributed by atoms with Crippen molar-refractivity contribution in [3.8, 4) is 11.3 Å². The average Bonchev–Trinajstić information content (AvgIpc) is 3.02. The Labute approximate surface area is 141 Å². The number of halogens is 3. The second kappa shape index (κ2) is 6.80. The molecule has 0 spiro atoms. The molecule has 1 amide bonds. The van der Waals surface area contributed by atoms with Crippen molar-refractivity contribution in [1.82, 2.24) is 10.5 Å². The number of amides is 1. The van der Waals surface area contributed by atoms with Gasteiger partial charge in [-0.25, -0.2) is 8.78 Å². The first-order valence-electron chi connectivity index (χ1n) is 6.98. The Balaban J connectivity index is 1.69. The van der Waals surface area contributed by atoms with E-state index in [1.54, 1.807) is 18.2 Å². The summed E-state index contributed by atoms with van der Waals surface area (Å²) >= 11 is 5.83. The maximum atomic E-state index is 13.7. The zero-order valence-corrected chi connectivity index (χ0v) is 13.0. The van der Waals surface area contributed by atoms with Gasteiger partial charge in [0.2, 0.25) is 0 Å². The predicted octanol–water partition coefficient (Wildman–Crippen LogP) is 4.20. The van der Waals surface area contributed by atoms with Crippen LogP contribution in [0.15, 0.2) is 53.1 Å². The van der Waals surface area contributed by atoms with Crippen molar-refractivity contribution < 1.29 is 18.1 Å². The molecule has 0 fully saturated rings. The number of carbonyl (C=O) groups excluding carboxylic acids is 1. The molecule has 7 heteroatoms. The van der Waals surface area contributed by atoms with E-state index in [1.165, 1.54) is 18.2 Å². The van der Waals surface area contributed by atoms with Gasteiger partial charge in [-0.3, -0.25) is 4.79 Å². The van der Waals surface area contributed by atoms with Gasteiger partial charge in [0.05, 0.1) is 22.7 Å². The highest BCUT2D eigenvalue weighted by atomic mass is 35.5. The molecule has 0 aliphatic rings. The molecule has 0 aliphatic carbocycles. The number of carbonyl (C=O) groups is 1. The van der Waals surface area contributed by atoms with Gasteiger partial charge in [0.1, 0.15) is 17.3 Å². The Morgan fingerprint density at radius 2 is 1.96 bits per heavy atom. The first kappa shape index (κ1) is 16.1. The van der Waals surface area contributed by atoms with Crippen LogP contribution in [0.4, 0.5) is 8.78 Å². The van der Waals surface area contributed by atoms with E-state index in [2.05, 4.69) is 10.5 Å². The minimum absolute atomic E-state index is 0.0136. The van der Waals surface area contributed by atoms with Crippen LogP contribution in [-0.2, 0) is 6.54 Å². The third kappa shape index (κ3) is 3.44. The Morgan fingerprint density at radius 1 is 1.17 bits per heavy atom. The highest BCUT2D eigenvalue weighted by Crippen LogP contribution is 2.23. The number of benzene rings is 2. The zero-order valence-electron chi connectivity index (χ0n) is 12.2. The number of hydrogen-bond donors (Lipinski definition) is 1. The smallest absolute Gasteiger partial charge is 0.253 e. The summed E-state index contributed by atoms with van der Waals surface area (Å²) in [6.07, 6.45) is 0. The van der Waals surface area contributed by atoms with Gasteiger partial charge in [0, 0.05) is 6.07 Å². The summed E-state index contributed by atoms with van der Waals surface area (Å²) in [5.41, 5.74) is 0.847. The molecule has 2 aromatic carbocycles. The molecule has 0 radical (unpaired) electrons. The average molecular weight is 349 g/mol. The van der Waals surface area contributed by atoms with Crippen molar-refractivity contribution in [3.05, 3.63) is 76.4 Å². The standard InChI is InChI=1S/C17H11ClF2N2O2/c18-14-7-10(19)5-6-12(14)17(23)21-9-11-8-16(24-22-11)13-3-1-2-4-15(13)20/h1-8H,9H2,(H,21,23). The quantitative estimate of drug-likeness (QED) is 0.768. The van der Waals surface area contributed by atoms with E-state index >= 15 is 0 Å². The summed E-state index contributed by atoms with van der Waals surface area (Å²) in [5, 5.41) is 6.39. The summed E-state index contributed by atoms with van der Waals surface area (Å²) in [6, 6.07) is 11.2. The second-order valence-corrected chi connectivity index (χ2v) is 5.38. The molecule has 0 bridgehead atoms. The highest BCUT2D eigenvalue weighted by molar-refractivity contribution is 6.33. The summed E-state index contributed by atoms with van der Waals surface area (Å²) in [7, 11) is 0. The van der Waals surface area contributed by atoms with Crippen molar-refractivity contribution in [2.45, 2.75) is 6.54 Å². The van der Waals surface area contributed by atoms with Crippen LogP contribution in [0, 0.1) is 11.6 Å². The van der Waals surface area contributed by atoms with Crippen molar-refractivity contribution in [2.75, 3.05) is 0 Å². The lowest BCUT2D eigenvalue weighted by Crippen LogP contribution is -2.23. The molecular weight excluding hydrogens is 338 g/mol. The van der Waals surface area contributed by atoms with Crippen molar-refractivity contribution >= 4 is 17.5 Å². The SMILES string of the molecule is O=C(NCc1cc(-c2ccccc2F)on1)c1ccc(F)cc1Cl. The maximum Gasteiger partial charge on any atom is 0.253 e. The van der Waals surface area contributed by atoms with Gasteiger partial charge >= 0.3 is 0 Å². The molecule has 1 aromatic heterocycles. The van der Waals surface area contributed by atoms with Crippen LogP contribution in [0.25, 0.3) is 11.3 Å².